The molecule has 29 heavy (non-hydrogen) atoms. The average Bonchev–Trinajstić information content (AvgIpc) is 3.03. The van der Waals surface area contributed by atoms with Gasteiger partial charge in [0.05, 0.1) is 12.7 Å². The largest absolute Gasteiger partial charge is 0.465 e. The Labute approximate surface area is 172 Å². The Bertz CT molecular complexity index is 865. The van der Waals surface area contributed by atoms with Crippen molar-refractivity contribution in [2.24, 2.45) is 0 Å². The summed E-state index contributed by atoms with van der Waals surface area (Å²) in [6, 6.07) is 7.94. The molecule has 2 heterocycles. The number of aromatic amines is 1. The molecule has 3 rings (SSSR count). The highest BCUT2D eigenvalue weighted by atomic mass is 16.5. The number of likely N-dealkylation sites (N-methyl/N-ethyl adjacent to an activating group) is 1. The third-order valence-electron chi connectivity index (χ3n) is 5.58. The van der Waals surface area contributed by atoms with E-state index in [9.17, 15) is 9.59 Å². The zero-order chi connectivity index (χ0) is 21.0. The minimum Gasteiger partial charge on any atom is -0.465 e. The van der Waals surface area contributed by atoms with Crippen molar-refractivity contribution < 1.29 is 14.3 Å². The molecule has 1 fully saturated rings. The van der Waals surface area contributed by atoms with Gasteiger partial charge in [0.15, 0.2) is 0 Å². The summed E-state index contributed by atoms with van der Waals surface area (Å²) in [7, 11) is 1.33. The molecule has 1 aliphatic heterocycles. The Kier molecular flexibility index (Phi) is 6.71. The van der Waals surface area contributed by atoms with Crippen LogP contribution in [0.4, 0.5) is 5.69 Å². The summed E-state index contributed by atoms with van der Waals surface area (Å²) in [6.45, 7) is 12.1. The Hall–Kier alpha value is -2.64. The molecule has 0 unspecified atom stereocenters. The number of aryl methyl sites for hydroxylation is 1. The first-order valence-electron chi connectivity index (χ1n) is 10.1. The molecule has 0 aliphatic carbocycles. The summed E-state index contributed by atoms with van der Waals surface area (Å²) in [6.07, 6.45) is 0. The van der Waals surface area contributed by atoms with E-state index in [-0.39, 0.29) is 5.91 Å². The second-order valence-electron chi connectivity index (χ2n) is 7.48. The van der Waals surface area contributed by atoms with E-state index in [2.05, 4.69) is 39.2 Å². The number of rotatable bonds is 6. The first kappa shape index (κ1) is 21.1. The topological polar surface area (TPSA) is 77.7 Å². The molecule has 0 radical (unpaired) electrons. The number of carbonyl (C=O) groups excluding carboxylic acids is 2. The zero-order valence-corrected chi connectivity index (χ0v) is 17.7. The van der Waals surface area contributed by atoms with Crippen LogP contribution in [0.2, 0.25) is 0 Å². The van der Waals surface area contributed by atoms with Gasteiger partial charge in [-0.05, 0) is 43.7 Å². The summed E-state index contributed by atoms with van der Waals surface area (Å²) in [5.41, 5.74) is 3.96. The van der Waals surface area contributed by atoms with Gasteiger partial charge >= 0.3 is 5.97 Å². The predicted octanol–water partition coefficient (Wildman–Crippen LogP) is 2.81. The molecule has 2 aromatic rings. The van der Waals surface area contributed by atoms with Gasteiger partial charge in [-0.25, -0.2) is 4.79 Å². The number of nitrogens with zero attached hydrogens (tertiary/aromatic N) is 2. The molecule has 7 heteroatoms. The van der Waals surface area contributed by atoms with E-state index in [1.54, 1.807) is 13.8 Å². The molecule has 1 aliphatic rings. The van der Waals surface area contributed by atoms with Gasteiger partial charge in [0.2, 0.25) is 0 Å². The maximum atomic E-state index is 12.7. The van der Waals surface area contributed by atoms with Crippen LogP contribution < -0.4 is 5.32 Å². The van der Waals surface area contributed by atoms with Crippen LogP contribution in [-0.2, 0) is 11.3 Å². The smallest absolute Gasteiger partial charge is 0.339 e. The van der Waals surface area contributed by atoms with Crippen molar-refractivity contribution in [1.29, 1.82) is 0 Å². The van der Waals surface area contributed by atoms with Crippen molar-refractivity contribution in [3.8, 4) is 0 Å². The fraction of sp³-hybridized carbons (Fsp3) is 0.455. The number of hydrogen-bond acceptors (Lipinski definition) is 5. The van der Waals surface area contributed by atoms with Gasteiger partial charge in [-0.3, -0.25) is 9.69 Å². The number of aromatic nitrogens is 1. The maximum absolute atomic E-state index is 12.7. The summed E-state index contributed by atoms with van der Waals surface area (Å²) < 4.78 is 4.80. The number of ether oxygens (including phenoxy) is 1. The van der Waals surface area contributed by atoms with E-state index in [0.29, 0.717) is 22.5 Å². The molecule has 7 nitrogen and oxygen atoms in total. The van der Waals surface area contributed by atoms with Gasteiger partial charge in [-0.2, -0.15) is 0 Å². The number of hydrogen-bond donors (Lipinski definition) is 2. The Morgan fingerprint density at radius 1 is 1.07 bits per heavy atom. The molecule has 156 valence electrons. The minimum absolute atomic E-state index is 0.274. The van der Waals surface area contributed by atoms with Crippen molar-refractivity contribution in [2.75, 3.05) is 45.2 Å². The first-order valence-corrected chi connectivity index (χ1v) is 10.1. The summed E-state index contributed by atoms with van der Waals surface area (Å²) >= 11 is 0. The number of methoxy groups -OCH3 is 1. The highest BCUT2D eigenvalue weighted by Gasteiger charge is 2.22. The van der Waals surface area contributed by atoms with Crippen molar-refractivity contribution in [2.45, 2.75) is 27.3 Å². The summed E-state index contributed by atoms with van der Waals surface area (Å²) in [4.78, 5) is 32.5. The molecule has 0 bridgehead atoms. The highest BCUT2D eigenvalue weighted by molar-refractivity contribution is 6.06. The standard InChI is InChI=1S/C22H30N4O3/c1-5-25-10-12-26(13-11-25)14-17-6-8-18(9-7-17)24-21(27)20-15(2)19(16(3)23-20)22(28)29-4/h6-9,23H,5,10-14H2,1-4H3,(H,24,27). The molecular weight excluding hydrogens is 368 g/mol. The van der Waals surface area contributed by atoms with E-state index in [0.717, 1.165) is 45.0 Å². The van der Waals surface area contributed by atoms with Gasteiger partial charge in [0.1, 0.15) is 5.69 Å². The zero-order valence-electron chi connectivity index (χ0n) is 17.7. The van der Waals surface area contributed by atoms with Crippen molar-refractivity contribution >= 4 is 17.6 Å². The molecule has 1 saturated heterocycles. The Balaban J connectivity index is 1.61. The van der Waals surface area contributed by atoms with Gasteiger partial charge in [0, 0.05) is 44.1 Å². The highest BCUT2D eigenvalue weighted by Crippen LogP contribution is 2.20. The SMILES string of the molecule is CCN1CCN(Cc2ccc(NC(=O)c3[nH]c(C)c(C(=O)OC)c3C)cc2)CC1. The van der Waals surface area contributed by atoms with Crippen LogP contribution in [0.15, 0.2) is 24.3 Å². The number of anilines is 1. The molecule has 1 aromatic heterocycles. The van der Waals surface area contributed by atoms with E-state index in [1.165, 1.54) is 12.7 Å². The van der Waals surface area contributed by atoms with Crippen LogP contribution in [0.1, 0.15) is 44.6 Å². The lowest BCUT2D eigenvalue weighted by Crippen LogP contribution is -2.45. The fourth-order valence-electron chi connectivity index (χ4n) is 3.79. The molecule has 0 spiro atoms. The summed E-state index contributed by atoms with van der Waals surface area (Å²) in [5, 5.41) is 2.90. The van der Waals surface area contributed by atoms with Gasteiger partial charge in [0.25, 0.3) is 5.91 Å². The van der Waals surface area contributed by atoms with Crippen LogP contribution in [0.5, 0.6) is 0 Å². The van der Waals surface area contributed by atoms with E-state index >= 15 is 0 Å². The number of nitrogens with one attached hydrogen (secondary N) is 2. The number of benzene rings is 1. The van der Waals surface area contributed by atoms with Gasteiger partial charge < -0.3 is 19.9 Å². The van der Waals surface area contributed by atoms with Crippen LogP contribution in [0.25, 0.3) is 0 Å². The number of amides is 1. The first-order chi connectivity index (χ1) is 13.9. The van der Waals surface area contributed by atoms with Crippen molar-refractivity contribution in [3.05, 3.63) is 52.3 Å². The van der Waals surface area contributed by atoms with E-state index in [1.807, 2.05) is 12.1 Å². The Morgan fingerprint density at radius 2 is 1.69 bits per heavy atom. The number of carbonyl (C=O) groups is 2. The molecule has 1 aromatic carbocycles. The maximum Gasteiger partial charge on any atom is 0.339 e. The lowest BCUT2D eigenvalue weighted by atomic mass is 10.1. The Morgan fingerprint density at radius 3 is 2.28 bits per heavy atom. The molecular formula is C22H30N4O3. The average molecular weight is 399 g/mol. The van der Waals surface area contributed by atoms with Crippen LogP contribution in [-0.4, -0.2) is 66.5 Å². The van der Waals surface area contributed by atoms with Crippen LogP contribution in [0.3, 0.4) is 0 Å². The summed E-state index contributed by atoms with van der Waals surface area (Å²) in [5.74, 6) is -0.719. The quantitative estimate of drug-likeness (QED) is 0.732. The fourth-order valence-corrected chi connectivity index (χ4v) is 3.79. The molecule has 0 saturated carbocycles. The molecule has 0 atom stereocenters. The third kappa shape index (κ3) is 4.86. The number of piperazine rings is 1. The minimum atomic E-state index is -0.445. The monoisotopic (exact) mass is 398 g/mol. The van der Waals surface area contributed by atoms with Crippen molar-refractivity contribution in [3.63, 3.8) is 0 Å². The molecule has 2 N–H and O–H groups in total. The van der Waals surface area contributed by atoms with Crippen LogP contribution >= 0.6 is 0 Å². The van der Waals surface area contributed by atoms with E-state index < -0.39 is 5.97 Å². The van der Waals surface area contributed by atoms with Crippen molar-refractivity contribution in [1.82, 2.24) is 14.8 Å². The normalized spacial score (nSPS) is 15.3. The number of esters is 1. The van der Waals surface area contributed by atoms with Gasteiger partial charge in [-0.15, -0.1) is 0 Å². The van der Waals surface area contributed by atoms with E-state index in [4.69, 9.17) is 4.74 Å². The third-order valence-corrected chi connectivity index (χ3v) is 5.58. The second-order valence-corrected chi connectivity index (χ2v) is 7.48. The lowest BCUT2D eigenvalue weighted by molar-refractivity contribution is 0.0599. The molecule has 1 amide bonds. The predicted molar refractivity (Wildman–Crippen MR) is 113 cm³/mol. The lowest BCUT2D eigenvalue weighted by Gasteiger charge is -2.34. The van der Waals surface area contributed by atoms with Crippen LogP contribution in [0, 0.1) is 13.8 Å². The number of H-pyrrole nitrogens is 1. The second kappa shape index (κ2) is 9.24. The van der Waals surface area contributed by atoms with Gasteiger partial charge in [-0.1, -0.05) is 19.1 Å².